The number of halogens is 1. The highest BCUT2D eigenvalue weighted by molar-refractivity contribution is 9.09. The van der Waals surface area contributed by atoms with Crippen LogP contribution in [0.1, 0.15) is 24.2 Å². The maximum Gasteiger partial charge on any atom is 0.154 e. The molecule has 0 N–H and O–H groups in total. The molecule has 0 saturated carbocycles. The van der Waals surface area contributed by atoms with E-state index in [1.807, 2.05) is 23.6 Å². The van der Waals surface area contributed by atoms with Crippen molar-refractivity contribution < 1.29 is 8.42 Å². The van der Waals surface area contributed by atoms with E-state index in [0.29, 0.717) is 0 Å². The van der Waals surface area contributed by atoms with Gasteiger partial charge in [-0.25, -0.2) is 8.42 Å². The van der Waals surface area contributed by atoms with Crippen LogP contribution < -0.4 is 0 Å². The lowest BCUT2D eigenvalue weighted by atomic mass is 10.0. The van der Waals surface area contributed by atoms with Gasteiger partial charge in [-0.15, -0.1) is 11.3 Å². The van der Waals surface area contributed by atoms with Crippen LogP contribution in [-0.2, 0) is 9.84 Å². The van der Waals surface area contributed by atoms with Gasteiger partial charge in [0.1, 0.15) is 0 Å². The van der Waals surface area contributed by atoms with Crippen molar-refractivity contribution in [2.75, 3.05) is 6.26 Å². The third-order valence-corrected chi connectivity index (χ3v) is 8.42. The molecule has 0 amide bonds. The van der Waals surface area contributed by atoms with Crippen LogP contribution in [0.25, 0.3) is 10.1 Å². The average molecular weight is 347 g/mol. The van der Waals surface area contributed by atoms with Gasteiger partial charge in [-0.05, 0) is 36.2 Å². The predicted octanol–water partition coefficient (Wildman–Crippen LogP) is 4.16. The fourth-order valence-corrected chi connectivity index (χ4v) is 4.82. The Bertz CT molecular complexity index is 671. The van der Waals surface area contributed by atoms with Crippen LogP contribution in [0.2, 0.25) is 0 Å². The molecule has 0 radical (unpaired) electrons. The van der Waals surface area contributed by atoms with Crippen LogP contribution in [0, 0.1) is 0 Å². The maximum absolute atomic E-state index is 11.9. The van der Waals surface area contributed by atoms with Crippen molar-refractivity contribution in [2.45, 2.75) is 23.4 Å². The smallest absolute Gasteiger partial charge is 0.154 e. The van der Waals surface area contributed by atoms with E-state index in [2.05, 4.69) is 22.0 Å². The summed E-state index contributed by atoms with van der Waals surface area (Å²) in [6, 6.07) is 8.06. The molecular weight excluding hydrogens is 332 g/mol. The minimum atomic E-state index is -3.14. The van der Waals surface area contributed by atoms with E-state index in [-0.39, 0.29) is 4.83 Å². The number of benzene rings is 1. The summed E-state index contributed by atoms with van der Waals surface area (Å²) in [4.78, 5) is -0.212. The normalized spacial score (nSPS) is 14.9. The molecule has 1 aromatic heterocycles. The summed E-state index contributed by atoms with van der Waals surface area (Å²) in [7, 11) is -3.14. The third kappa shape index (κ3) is 2.24. The SMILES string of the molecule is CC(C)(C(Br)c1csc2ccccc12)S(C)(=O)=O. The monoisotopic (exact) mass is 346 g/mol. The Kier molecular flexibility index (Phi) is 3.60. The lowest BCUT2D eigenvalue weighted by molar-refractivity contribution is 0.549. The van der Waals surface area contributed by atoms with E-state index in [9.17, 15) is 8.42 Å². The Hall–Kier alpha value is -0.390. The van der Waals surface area contributed by atoms with Crippen molar-refractivity contribution in [1.29, 1.82) is 0 Å². The maximum atomic E-state index is 11.9. The lowest BCUT2D eigenvalue weighted by Gasteiger charge is -2.28. The van der Waals surface area contributed by atoms with Crippen LogP contribution in [0.15, 0.2) is 29.6 Å². The summed E-state index contributed by atoms with van der Waals surface area (Å²) >= 11 is 5.22. The first-order chi connectivity index (χ1) is 8.25. The average Bonchev–Trinajstić information content (AvgIpc) is 2.70. The molecule has 2 rings (SSSR count). The zero-order chi connectivity index (χ0) is 13.6. The molecular formula is C13H15BrO2S2. The topological polar surface area (TPSA) is 34.1 Å². The van der Waals surface area contributed by atoms with Gasteiger partial charge in [-0.3, -0.25) is 0 Å². The molecule has 1 heterocycles. The first kappa shape index (κ1) is 14.0. The third-order valence-electron chi connectivity index (χ3n) is 3.35. The second-order valence-electron chi connectivity index (χ2n) is 4.93. The fourth-order valence-electron chi connectivity index (χ4n) is 1.76. The van der Waals surface area contributed by atoms with Crippen molar-refractivity contribution in [3.05, 3.63) is 35.2 Å². The van der Waals surface area contributed by atoms with Crippen LogP contribution in [0.5, 0.6) is 0 Å². The molecule has 0 aliphatic rings. The Morgan fingerprint density at radius 2 is 1.89 bits per heavy atom. The summed E-state index contributed by atoms with van der Waals surface area (Å²) in [5, 5.41) is 3.16. The summed E-state index contributed by atoms with van der Waals surface area (Å²) < 4.78 is 24.1. The number of fused-ring (bicyclic) bond motifs is 1. The van der Waals surface area contributed by atoms with Gasteiger partial charge in [0.25, 0.3) is 0 Å². The number of rotatable bonds is 3. The first-order valence-corrected chi connectivity index (χ1v) is 9.23. The highest BCUT2D eigenvalue weighted by Gasteiger charge is 2.39. The molecule has 5 heteroatoms. The molecule has 2 aromatic rings. The second kappa shape index (κ2) is 4.62. The molecule has 0 aliphatic carbocycles. The fraction of sp³-hybridized carbons (Fsp3) is 0.385. The number of hydrogen-bond acceptors (Lipinski definition) is 3. The minimum absolute atomic E-state index is 0.212. The Labute approximate surface area is 120 Å². The Morgan fingerprint density at radius 1 is 1.28 bits per heavy atom. The van der Waals surface area contributed by atoms with Gasteiger partial charge in [0.05, 0.1) is 9.57 Å². The number of hydrogen-bond donors (Lipinski definition) is 0. The van der Waals surface area contributed by atoms with Gasteiger partial charge in [0.15, 0.2) is 9.84 Å². The van der Waals surface area contributed by atoms with Gasteiger partial charge >= 0.3 is 0 Å². The standard InChI is InChI=1S/C13H15BrO2S2/c1-13(2,18(3,15)16)12(14)10-8-17-11-7-5-4-6-9(10)11/h4-8,12H,1-3H3. The molecule has 1 unspecified atom stereocenters. The number of sulfone groups is 1. The van der Waals surface area contributed by atoms with Crippen molar-refractivity contribution in [1.82, 2.24) is 0 Å². The minimum Gasteiger partial charge on any atom is -0.229 e. The van der Waals surface area contributed by atoms with Gasteiger partial charge in [-0.2, -0.15) is 0 Å². The molecule has 0 spiro atoms. The molecule has 0 saturated heterocycles. The molecule has 18 heavy (non-hydrogen) atoms. The molecule has 0 aliphatic heterocycles. The van der Waals surface area contributed by atoms with E-state index >= 15 is 0 Å². The van der Waals surface area contributed by atoms with Gasteiger partial charge in [0.2, 0.25) is 0 Å². The summed E-state index contributed by atoms with van der Waals surface area (Å²) in [5.74, 6) is 0. The highest BCUT2D eigenvalue weighted by Crippen LogP contribution is 2.43. The summed E-state index contributed by atoms with van der Waals surface area (Å²) in [5.41, 5.74) is 1.05. The Morgan fingerprint density at radius 3 is 2.50 bits per heavy atom. The summed E-state index contributed by atoms with van der Waals surface area (Å²) in [6.45, 7) is 3.52. The van der Waals surface area contributed by atoms with Crippen LogP contribution in [-0.4, -0.2) is 19.4 Å². The van der Waals surface area contributed by atoms with Crippen LogP contribution >= 0.6 is 27.3 Å². The molecule has 1 atom stereocenters. The van der Waals surface area contributed by atoms with Crippen LogP contribution in [0.3, 0.4) is 0 Å². The van der Waals surface area contributed by atoms with E-state index < -0.39 is 14.6 Å². The van der Waals surface area contributed by atoms with E-state index in [0.717, 1.165) is 10.9 Å². The van der Waals surface area contributed by atoms with E-state index in [1.54, 1.807) is 25.2 Å². The number of alkyl halides is 1. The van der Waals surface area contributed by atoms with Crippen molar-refractivity contribution in [3.63, 3.8) is 0 Å². The molecule has 0 bridgehead atoms. The van der Waals surface area contributed by atoms with Crippen LogP contribution in [0.4, 0.5) is 0 Å². The molecule has 1 aromatic carbocycles. The van der Waals surface area contributed by atoms with Crippen molar-refractivity contribution in [2.24, 2.45) is 0 Å². The Balaban J connectivity index is 2.56. The molecule has 0 fully saturated rings. The lowest BCUT2D eigenvalue weighted by Crippen LogP contribution is -2.35. The zero-order valence-corrected chi connectivity index (χ0v) is 13.7. The van der Waals surface area contributed by atoms with Crippen molar-refractivity contribution >= 4 is 47.2 Å². The first-order valence-electron chi connectivity index (χ1n) is 5.55. The van der Waals surface area contributed by atoms with E-state index in [4.69, 9.17) is 0 Å². The molecule has 2 nitrogen and oxygen atoms in total. The quantitative estimate of drug-likeness (QED) is 0.782. The van der Waals surface area contributed by atoms with E-state index in [1.165, 1.54) is 11.0 Å². The summed E-state index contributed by atoms with van der Waals surface area (Å²) in [6.07, 6.45) is 1.29. The zero-order valence-electron chi connectivity index (χ0n) is 10.5. The predicted molar refractivity (Wildman–Crippen MR) is 82.4 cm³/mol. The number of thiophene rings is 1. The highest BCUT2D eigenvalue weighted by atomic mass is 79.9. The van der Waals surface area contributed by atoms with Gasteiger partial charge < -0.3 is 0 Å². The van der Waals surface area contributed by atoms with Crippen molar-refractivity contribution in [3.8, 4) is 0 Å². The van der Waals surface area contributed by atoms with Gasteiger partial charge in [-0.1, -0.05) is 34.1 Å². The largest absolute Gasteiger partial charge is 0.229 e. The van der Waals surface area contributed by atoms with Gasteiger partial charge in [0, 0.05) is 11.0 Å². The second-order valence-corrected chi connectivity index (χ2v) is 9.35. The molecule has 98 valence electrons.